The maximum atomic E-state index is 11.5. The van der Waals surface area contributed by atoms with Crippen LogP contribution in [0.5, 0.6) is 0 Å². The fourth-order valence-corrected chi connectivity index (χ4v) is 2.46. The fraction of sp³-hybridized carbons (Fsp3) is 1.00. The van der Waals surface area contributed by atoms with Crippen LogP contribution in [-0.2, 0) is 9.84 Å². The minimum Gasteiger partial charge on any atom is -0.315 e. The second-order valence-electron chi connectivity index (χ2n) is 5.84. The zero-order chi connectivity index (χ0) is 12.4. The van der Waals surface area contributed by atoms with Crippen LogP contribution in [0.2, 0.25) is 0 Å². The highest BCUT2D eigenvalue weighted by molar-refractivity contribution is 7.92. The molecule has 0 aromatic heterocycles. The Kier molecular flexibility index (Phi) is 4.06. The van der Waals surface area contributed by atoms with Crippen LogP contribution in [-0.4, -0.2) is 32.5 Å². The minimum absolute atomic E-state index is 0.452. The summed E-state index contributed by atoms with van der Waals surface area (Å²) >= 11 is 0. The number of nitrogens with one attached hydrogen (secondary N) is 1. The van der Waals surface area contributed by atoms with Gasteiger partial charge in [-0.15, -0.1) is 0 Å². The molecule has 0 amide bonds. The molecular weight excluding hydrogens is 222 g/mol. The Morgan fingerprint density at radius 2 is 1.88 bits per heavy atom. The topological polar surface area (TPSA) is 46.2 Å². The molecule has 1 aliphatic carbocycles. The van der Waals surface area contributed by atoms with E-state index in [0.717, 1.165) is 6.54 Å². The zero-order valence-electron chi connectivity index (χ0n) is 11.0. The first kappa shape index (κ1) is 14.0. The van der Waals surface area contributed by atoms with E-state index in [1.54, 1.807) is 13.8 Å². The van der Waals surface area contributed by atoms with Gasteiger partial charge in [0.15, 0.2) is 9.84 Å². The molecule has 0 aromatic carbocycles. The maximum Gasteiger partial charge on any atom is 0.153 e. The molecular formula is C12H25NO2S. The quantitative estimate of drug-likeness (QED) is 0.780. The van der Waals surface area contributed by atoms with Gasteiger partial charge in [-0.25, -0.2) is 8.42 Å². The summed E-state index contributed by atoms with van der Waals surface area (Å²) in [6.07, 6.45) is 6.41. The highest BCUT2D eigenvalue weighted by Gasteiger charge is 2.36. The molecule has 0 radical (unpaired) electrons. The van der Waals surface area contributed by atoms with Gasteiger partial charge < -0.3 is 5.32 Å². The SMILES string of the molecule is CCC1(CNCC(C)(C)S(C)(=O)=O)CCC1. The fourth-order valence-electron chi connectivity index (χ4n) is 2.09. The van der Waals surface area contributed by atoms with Crippen molar-refractivity contribution >= 4 is 9.84 Å². The van der Waals surface area contributed by atoms with Crippen LogP contribution in [0.1, 0.15) is 46.5 Å². The van der Waals surface area contributed by atoms with E-state index in [9.17, 15) is 8.42 Å². The van der Waals surface area contributed by atoms with Crippen LogP contribution in [0.25, 0.3) is 0 Å². The van der Waals surface area contributed by atoms with Gasteiger partial charge in [0.2, 0.25) is 0 Å². The number of hydrogen-bond donors (Lipinski definition) is 1. The van der Waals surface area contributed by atoms with Gasteiger partial charge >= 0.3 is 0 Å². The third kappa shape index (κ3) is 2.98. The second kappa shape index (κ2) is 4.65. The smallest absolute Gasteiger partial charge is 0.153 e. The molecule has 4 heteroatoms. The van der Waals surface area contributed by atoms with Gasteiger partial charge in [0.25, 0.3) is 0 Å². The molecule has 1 fully saturated rings. The summed E-state index contributed by atoms with van der Waals surface area (Å²) in [4.78, 5) is 0. The molecule has 0 atom stereocenters. The molecule has 0 aliphatic heterocycles. The third-order valence-corrected chi connectivity index (χ3v) is 6.37. The summed E-state index contributed by atoms with van der Waals surface area (Å²) in [5.41, 5.74) is 0.452. The van der Waals surface area contributed by atoms with Crippen LogP contribution in [0, 0.1) is 5.41 Å². The Morgan fingerprint density at radius 1 is 1.31 bits per heavy atom. The summed E-state index contributed by atoms with van der Waals surface area (Å²) in [6, 6.07) is 0. The normalized spacial score (nSPS) is 20.5. The summed E-state index contributed by atoms with van der Waals surface area (Å²) in [7, 11) is -2.98. The predicted octanol–water partition coefficient (Wildman–Crippen LogP) is 1.98. The molecule has 1 N–H and O–H groups in total. The zero-order valence-corrected chi connectivity index (χ0v) is 11.8. The van der Waals surface area contributed by atoms with E-state index >= 15 is 0 Å². The van der Waals surface area contributed by atoms with Gasteiger partial charge in [0.05, 0.1) is 4.75 Å². The van der Waals surface area contributed by atoms with Crippen molar-refractivity contribution in [2.75, 3.05) is 19.3 Å². The van der Waals surface area contributed by atoms with Gasteiger partial charge in [0.1, 0.15) is 0 Å². The largest absolute Gasteiger partial charge is 0.315 e. The van der Waals surface area contributed by atoms with Crippen molar-refractivity contribution in [2.24, 2.45) is 5.41 Å². The van der Waals surface area contributed by atoms with Crippen LogP contribution >= 0.6 is 0 Å². The van der Waals surface area contributed by atoms with Gasteiger partial charge in [-0.2, -0.15) is 0 Å². The maximum absolute atomic E-state index is 11.5. The lowest BCUT2D eigenvalue weighted by atomic mass is 9.67. The van der Waals surface area contributed by atoms with Gasteiger partial charge in [-0.05, 0) is 38.5 Å². The average Bonchev–Trinajstić information content (AvgIpc) is 2.07. The number of sulfone groups is 1. The van der Waals surface area contributed by atoms with Crippen molar-refractivity contribution in [3.8, 4) is 0 Å². The van der Waals surface area contributed by atoms with Crippen LogP contribution in [0.4, 0.5) is 0 Å². The predicted molar refractivity (Wildman–Crippen MR) is 68.4 cm³/mol. The molecule has 0 saturated heterocycles. The van der Waals surface area contributed by atoms with E-state index in [-0.39, 0.29) is 0 Å². The lowest BCUT2D eigenvalue weighted by Gasteiger charge is -2.42. The molecule has 1 saturated carbocycles. The van der Waals surface area contributed by atoms with E-state index in [2.05, 4.69) is 12.2 Å². The van der Waals surface area contributed by atoms with Gasteiger partial charge in [-0.3, -0.25) is 0 Å². The van der Waals surface area contributed by atoms with Crippen molar-refractivity contribution in [1.82, 2.24) is 5.32 Å². The van der Waals surface area contributed by atoms with E-state index in [1.165, 1.54) is 31.9 Å². The van der Waals surface area contributed by atoms with Gasteiger partial charge in [0, 0.05) is 19.3 Å². The molecule has 0 aromatic rings. The Balaban J connectivity index is 2.41. The Hall–Kier alpha value is -0.0900. The molecule has 96 valence electrons. The first-order chi connectivity index (χ1) is 7.22. The molecule has 0 spiro atoms. The summed E-state index contributed by atoms with van der Waals surface area (Å²) in [5, 5.41) is 3.35. The first-order valence-corrected chi connectivity index (χ1v) is 8.02. The molecule has 1 rings (SSSR count). The van der Waals surface area contributed by atoms with E-state index in [0.29, 0.717) is 12.0 Å². The number of hydrogen-bond acceptors (Lipinski definition) is 3. The molecule has 1 aliphatic rings. The molecule has 0 heterocycles. The standard InChI is InChI=1S/C12H25NO2S/c1-5-12(7-6-8-12)10-13-9-11(2,3)16(4,14)15/h13H,5-10H2,1-4H3. The van der Waals surface area contributed by atoms with Crippen LogP contribution in [0.3, 0.4) is 0 Å². The van der Waals surface area contributed by atoms with E-state index < -0.39 is 14.6 Å². The Labute approximate surface area is 99.9 Å². The summed E-state index contributed by atoms with van der Waals surface area (Å²) in [6.45, 7) is 7.31. The highest BCUT2D eigenvalue weighted by Crippen LogP contribution is 2.43. The van der Waals surface area contributed by atoms with Gasteiger partial charge in [-0.1, -0.05) is 13.3 Å². The molecule has 0 bridgehead atoms. The van der Waals surface area contributed by atoms with E-state index in [1.807, 2.05) is 0 Å². The van der Waals surface area contributed by atoms with Crippen molar-refractivity contribution in [3.63, 3.8) is 0 Å². The highest BCUT2D eigenvalue weighted by atomic mass is 32.2. The Morgan fingerprint density at radius 3 is 2.19 bits per heavy atom. The van der Waals surface area contributed by atoms with Crippen molar-refractivity contribution in [3.05, 3.63) is 0 Å². The van der Waals surface area contributed by atoms with Crippen LogP contribution < -0.4 is 5.32 Å². The van der Waals surface area contributed by atoms with Crippen molar-refractivity contribution < 1.29 is 8.42 Å². The number of rotatable bonds is 6. The summed E-state index contributed by atoms with van der Waals surface area (Å²) in [5.74, 6) is 0. The molecule has 3 nitrogen and oxygen atoms in total. The lowest BCUT2D eigenvalue weighted by molar-refractivity contribution is 0.123. The molecule has 16 heavy (non-hydrogen) atoms. The minimum atomic E-state index is -2.98. The average molecular weight is 247 g/mol. The van der Waals surface area contributed by atoms with Crippen molar-refractivity contribution in [2.45, 2.75) is 51.2 Å². The summed E-state index contributed by atoms with van der Waals surface area (Å²) < 4.78 is 22.4. The first-order valence-electron chi connectivity index (χ1n) is 6.13. The second-order valence-corrected chi connectivity index (χ2v) is 8.49. The van der Waals surface area contributed by atoms with Crippen molar-refractivity contribution in [1.29, 1.82) is 0 Å². The van der Waals surface area contributed by atoms with Crippen LogP contribution in [0.15, 0.2) is 0 Å². The van der Waals surface area contributed by atoms with E-state index in [4.69, 9.17) is 0 Å². The Bertz CT molecular complexity index is 323. The molecule has 0 unspecified atom stereocenters. The lowest BCUT2D eigenvalue weighted by Crippen LogP contribution is -2.47. The monoisotopic (exact) mass is 247 g/mol. The third-order valence-electron chi connectivity index (χ3n) is 4.22.